The molecule has 1 atom stereocenters. The molecule has 0 spiro atoms. The van der Waals surface area contributed by atoms with Crippen molar-refractivity contribution < 1.29 is 9.53 Å². The van der Waals surface area contributed by atoms with Gasteiger partial charge in [0.05, 0.1) is 12.7 Å². The minimum absolute atomic E-state index is 0.254. The fourth-order valence-corrected chi connectivity index (χ4v) is 2.64. The molecule has 1 aromatic carbocycles. The van der Waals surface area contributed by atoms with E-state index in [1.165, 1.54) is 7.11 Å². The molecule has 0 saturated carbocycles. The van der Waals surface area contributed by atoms with Gasteiger partial charge in [0.25, 0.3) is 0 Å². The number of nitrogens with one attached hydrogen (secondary N) is 1. The summed E-state index contributed by atoms with van der Waals surface area (Å²) in [6, 6.07) is 8.23. The highest BCUT2D eigenvalue weighted by atomic mass is 16.5. The SMILES string of the molecule is COC(=O)c1ccccc1CN1CCNC(C(C)C)C1. The van der Waals surface area contributed by atoms with Crippen molar-refractivity contribution in [1.82, 2.24) is 10.2 Å². The fourth-order valence-electron chi connectivity index (χ4n) is 2.64. The molecular weight excluding hydrogens is 252 g/mol. The van der Waals surface area contributed by atoms with Crippen LogP contribution in [0.15, 0.2) is 24.3 Å². The number of piperazine rings is 1. The Balaban J connectivity index is 2.08. The molecular formula is C16H24N2O2. The highest BCUT2D eigenvalue weighted by Gasteiger charge is 2.23. The van der Waals surface area contributed by atoms with Crippen LogP contribution >= 0.6 is 0 Å². The minimum atomic E-state index is -0.254. The summed E-state index contributed by atoms with van der Waals surface area (Å²) in [5, 5.41) is 3.55. The number of nitrogens with zero attached hydrogens (tertiary/aromatic N) is 1. The Morgan fingerprint density at radius 1 is 1.45 bits per heavy atom. The predicted octanol–water partition coefficient (Wildman–Crippen LogP) is 1.90. The first kappa shape index (κ1) is 15.0. The second-order valence-electron chi connectivity index (χ2n) is 5.69. The number of rotatable bonds is 4. The Kier molecular flexibility index (Phi) is 5.15. The maximum absolute atomic E-state index is 11.8. The van der Waals surface area contributed by atoms with Gasteiger partial charge in [0.1, 0.15) is 0 Å². The first-order chi connectivity index (χ1) is 9.61. The zero-order chi connectivity index (χ0) is 14.5. The molecule has 0 aliphatic carbocycles. The van der Waals surface area contributed by atoms with Crippen LogP contribution in [0, 0.1) is 5.92 Å². The summed E-state index contributed by atoms with van der Waals surface area (Å²) in [5.41, 5.74) is 1.72. The zero-order valence-corrected chi connectivity index (χ0v) is 12.6. The first-order valence-corrected chi connectivity index (χ1v) is 7.23. The molecule has 1 aliphatic rings. The van der Waals surface area contributed by atoms with Gasteiger partial charge in [0, 0.05) is 32.2 Å². The van der Waals surface area contributed by atoms with Gasteiger partial charge in [0.2, 0.25) is 0 Å². The van der Waals surface area contributed by atoms with Crippen LogP contribution in [-0.4, -0.2) is 43.7 Å². The van der Waals surface area contributed by atoms with Crippen LogP contribution in [-0.2, 0) is 11.3 Å². The van der Waals surface area contributed by atoms with E-state index in [1.54, 1.807) is 0 Å². The molecule has 1 aliphatic heterocycles. The molecule has 20 heavy (non-hydrogen) atoms. The molecule has 1 fully saturated rings. The van der Waals surface area contributed by atoms with E-state index in [4.69, 9.17) is 4.74 Å². The quantitative estimate of drug-likeness (QED) is 0.853. The third kappa shape index (κ3) is 3.58. The van der Waals surface area contributed by atoms with E-state index in [0.717, 1.165) is 31.7 Å². The molecule has 1 aromatic rings. The van der Waals surface area contributed by atoms with Crippen LogP contribution in [0.5, 0.6) is 0 Å². The Bertz CT molecular complexity index is 460. The Labute approximate surface area is 121 Å². The second-order valence-corrected chi connectivity index (χ2v) is 5.69. The van der Waals surface area contributed by atoms with E-state index >= 15 is 0 Å². The Morgan fingerprint density at radius 2 is 2.20 bits per heavy atom. The summed E-state index contributed by atoms with van der Waals surface area (Å²) >= 11 is 0. The van der Waals surface area contributed by atoms with Crippen molar-refractivity contribution in [2.45, 2.75) is 26.4 Å². The van der Waals surface area contributed by atoms with Crippen LogP contribution in [0.4, 0.5) is 0 Å². The van der Waals surface area contributed by atoms with E-state index in [1.807, 2.05) is 24.3 Å². The number of benzene rings is 1. The standard InChI is InChI=1S/C16H24N2O2/c1-12(2)15-11-18(9-8-17-15)10-13-6-4-5-7-14(13)16(19)20-3/h4-7,12,15,17H,8-11H2,1-3H3. The average molecular weight is 276 g/mol. The molecule has 1 unspecified atom stereocenters. The lowest BCUT2D eigenvalue weighted by Crippen LogP contribution is -2.52. The first-order valence-electron chi connectivity index (χ1n) is 7.23. The minimum Gasteiger partial charge on any atom is -0.465 e. The summed E-state index contributed by atoms with van der Waals surface area (Å²) < 4.78 is 4.86. The summed E-state index contributed by atoms with van der Waals surface area (Å²) in [5.74, 6) is 0.366. The smallest absolute Gasteiger partial charge is 0.338 e. The largest absolute Gasteiger partial charge is 0.465 e. The topological polar surface area (TPSA) is 41.6 Å². The normalized spacial score (nSPS) is 20.1. The summed E-state index contributed by atoms with van der Waals surface area (Å²) in [7, 11) is 1.43. The van der Waals surface area contributed by atoms with Crippen molar-refractivity contribution in [3.8, 4) is 0 Å². The van der Waals surface area contributed by atoms with Crippen LogP contribution in [0.1, 0.15) is 29.8 Å². The number of methoxy groups -OCH3 is 1. The number of hydrogen-bond donors (Lipinski definition) is 1. The van der Waals surface area contributed by atoms with Gasteiger partial charge in [-0.25, -0.2) is 4.79 Å². The number of carbonyl (C=O) groups excluding carboxylic acids is 1. The van der Waals surface area contributed by atoms with E-state index in [2.05, 4.69) is 24.1 Å². The molecule has 1 heterocycles. The molecule has 1 saturated heterocycles. The summed E-state index contributed by atoms with van der Waals surface area (Å²) in [6.07, 6.45) is 0. The van der Waals surface area contributed by atoms with E-state index in [0.29, 0.717) is 17.5 Å². The van der Waals surface area contributed by atoms with Gasteiger partial charge in [-0.05, 0) is 17.5 Å². The summed E-state index contributed by atoms with van der Waals surface area (Å²) in [6.45, 7) is 8.32. The van der Waals surface area contributed by atoms with Crippen LogP contribution in [0.25, 0.3) is 0 Å². The molecule has 0 aromatic heterocycles. The fraction of sp³-hybridized carbons (Fsp3) is 0.562. The van der Waals surface area contributed by atoms with Crippen LogP contribution in [0.2, 0.25) is 0 Å². The number of ether oxygens (including phenoxy) is 1. The predicted molar refractivity (Wildman–Crippen MR) is 79.7 cm³/mol. The van der Waals surface area contributed by atoms with Gasteiger partial charge in [-0.1, -0.05) is 32.0 Å². The monoisotopic (exact) mass is 276 g/mol. The lowest BCUT2D eigenvalue weighted by molar-refractivity contribution is 0.0597. The van der Waals surface area contributed by atoms with Gasteiger partial charge < -0.3 is 10.1 Å². The van der Waals surface area contributed by atoms with E-state index < -0.39 is 0 Å². The molecule has 0 radical (unpaired) electrons. The Hall–Kier alpha value is -1.39. The van der Waals surface area contributed by atoms with Crippen molar-refractivity contribution in [1.29, 1.82) is 0 Å². The third-order valence-corrected chi connectivity index (χ3v) is 3.91. The molecule has 0 amide bonds. The highest BCUT2D eigenvalue weighted by Crippen LogP contribution is 2.16. The van der Waals surface area contributed by atoms with Gasteiger partial charge >= 0.3 is 5.97 Å². The molecule has 0 bridgehead atoms. The summed E-state index contributed by atoms with van der Waals surface area (Å²) in [4.78, 5) is 14.2. The average Bonchev–Trinajstić information content (AvgIpc) is 2.47. The van der Waals surface area contributed by atoms with Crippen molar-refractivity contribution in [3.05, 3.63) is 35.4 Å². The Morgan fingerprint density at radius 3 is 2.90 bits per heavy atom. The van der Waals surface area contributed by atoms with Gasteiger partial charge in [-0.3, -0.25) is 4.90 Å². The third-order valence-electron chi connectivity index (χ3n) is 3.91. The maximum atomic E-state index is 11.8. The second kappa shape index (κ2) is 6.86. The highest BCUT2D eigenvalue weighted by molar-refractivity contribution is 5.90. The van der Waals surface area contributed by atoms with Crippen molar-refractivity contribution in [2.75, 3.05) is 26.7 Å². The molecule has 4 heteroatoms. The van der Waals surface area contributed by atoms with Gasteiger partial charge in [-0.15, -0.1) is 0 Å². The number of esters is 1. The molecule has 2 rings (SSSR count). The molecule has 110 valence electrons. The van der Waals surface area contributed by atoms with Crippen LogP contribution in [0.3, 0.4) is 0 Å². The maximum Gasteiger partial charge on any atom is 0.338 e. The number of carbonyl (C=O) groups is 1. The number of hydrogen-bond acceptors (Lipinski definition) is 4. The van der Waals surface area contributed by atoms with Crippen molar-refractivity contribution in [2.24, 2.45) is 5.92 Å². The van der Waals surface area contributed by atoms with Crippen LogP contribution < -0.4 is 5.32 Å². The molecule has 4 nitrogen and oxygen atoms in total. The van der Waals surface area contributed by atoms with E-state index in [-0.39, 0.29) is 5.97 Å². The lowest BCUT2D eigenvalue weighted by atomic mass is 10.0. The zero-order valence-electron chi connectivity index (χ0n) is 12.6. The van der Waals surface area contributed by atoms with E-state index in [9.17, 15) is 4.79 Å². The van der Waals surface area contributed by atoms with Crippen molar-refractivity contribution in [3.63, 3.8) is 0 Å². The van der Waals surface area contributed by atoms with Crippen molar-refractivity contribution >= 4 is 5.97 Å². The van der Waals surface area contributed by atoms with Gasteiger partial charge in [-0.2, -0.15) is 0 Å². The molecule has 1 N–H and O–H groups in total. The van der Waals surface area contributed by atoms with Gasteiger partial charge in [0.15, 0.2) is 0 Å². The lowest BCUT2D eigenvalue weighted by Gasteiger charge is -2.36.